The van der Waals surface area contributed by atoms with Crippen LogP contribution in [0.4, 0.5) is 5.82 Å². The average molecular weight is 248 g/mol. The fourth-order valence-electron chi connectivity index (χ4n) is 2.38. The van der Waals surface area contributed by atoms with Crippen molar-refractivity contribution in [2.24, 2.45) is 10.9 Å². The largest absolute Gasteiger partial charge is 0.409 e. The first-order valence-electron chi connectivity index (χ1n) is 6.43. The van der Waals surface area contributed by atoms with Gasteiger partial charge in [-0.25, -0.2) is 4.98 Å². The minimum atomic E-state index is 0.0953. The highest BCUT2D eigenvalue weighted by Crippen LogP contribution is 2.22. The molecule has 5 heteroatoms. The first kappa shape index (κ1) is 12.7. The SMILES string of the molecule is CC1CCCCCN1c1ccc(C(N)=NO)cn1. The maximum absolute atomic E-state index is 8.61. The summed E-state index contributed by atoms with van der Waals surface area (Å²) in [6.07, 6.45) is 6.67. The van der Waals surface area contributed by atoms with Crippen LogP contribution < -0.4 is 10.6 Å². The van der Waals surface area contributed by atoms with E-state index in [4.69, 9.17) is 10.9 Å². The fraction of sp³-hybridized carbons (Fsp3) is 0.538. The number of anilines is 1. The molecule has 1 aliphatic rings. The molecule has 18 heavy (non-hydrogen) atoms. The zero-order valence-corrected chi connectivity index (χ0v) is 10.7. The van der Waals surface area contributed by atoms with Crippen molar-refractivity contribution in [1.82, 2.24) is 4.98 Å². The summed E-state index contributed by atoms with van der Waals surface area (Å²) in [6, 6.07) is 4.30. The zero-order valence-electron chi connectivity index (χ0n) is 10.7. The topological polar surface area (TPSA) is 74.7 Å². The van der Waals surface area contributed by atoms with Gasteiger partial charge in [0.2, 0.25) is 0 Å². The van der Waals surface area contributed by atoms with E-state index in [-0.39, 0.29) is 5.84 Å². The molecule has 1 aromatic rings. The van der Waals surface area contributed by atoms with Gasteiger partial charge in [-0.1, -0.05) is 18.0 Å². The maximum Gasteiger partial charge on any atom is 0.171 e. The molecule has 98 valence electrons. The number of amidine groups is 1. The lowest BCUT2D eigenvalue weighted by molar-refractivity contribution is 0.318. The van der Waals surface area contributed by atoms with Gasteiger partial charge >= 0.3 is 0 Å². The summed E-state index contributed by atoms with van der Waals surface area (Å²) in [5.74, 6) is 1.07. The summed E-state index contributed by atoms with van der Waals surface area (Å²) in [4.78, 5) is 6.75. The number of rotatable bonds is 2. The van der Waals surface area contributed by atoms with Crippen LogP contribution in [0.1, 0.15) is 38.2 Å². The number of pyridine rings is 1. The van der Waals surface area contributed by atoms with E-state index < -0.39 is 0 Å². The minimum absolute atomic E-state index is 0.0953. The van der Waals surface area contributed by atoms with E-state index in [1.54, 1.807) is 6.20 Å². The van der Waals surface area contributed by atoms with Crippen molar-refractivity contribution in [3.05, 3.63) is 23.9 Å². The third-order valence-corrected chi connectivity index (χ3v) is 3.50. The summed E-state index contributed by atoms with van der Waals surface area (Å²) in [5.41, 5.74) is 6.16. The highest BCUT2D eigenvalue weighted by Gasteiger charge is 2.18. The van der Waals surface area contributed by atoms with Crippen LogP contribution in [0.5, 0.6) is 0 Å². The highest BCUT2D eigenvalue weighted by atomic mass is 16.4. The predicted octanol–water partition coefficient (Wildman–Crippen LogP) is 1.95. The molecule has 0 aromatic carbocycles. The highest BCUT2D eigenvalue weighted by molar-refractivity contribution is 5.96. The molecule has 0 bridgehead atoms. The van der Waals surface area contributed by atoms with E-state index >= 15 is 0 Å². The van der Waals surface area contributed by atoms with E-state index in [0.29, 0.717) is 11.6 Å². The normalized spacial score (nSPS) is 21.7. The van der Waals surface area contributed by atoms with Crippen LogP contribution in [0.2, 0.25) is 0 Å². The number of hydrogen-bond acceptors (Lipinski definition) is 4. The van der Waals surface area contributed by atoms with Gasteiger partial charge in [0.05, 0.1) is 0 Å². The molecule has 1 fully saturated rings. The summed E-state index contributed by atoms with van der Waals surface area (Å²) in [6.45, 7) is 3.29. The summed E-state index contributed by atoms with van der Waals surface area (Å²) < 4.78 is 0. The molecule has 1 aliphatic heterocycles. The Balaban J connectivity index is 2.17. The number of nitrogens with two attached hydrogens (primary N) is 1. The Hall–Kier alpha value is -1.78. The number of nitrogens with zero attached hydrogens (tertiary/aromatic N) is 3. The minimum Gasteiger partial charge on any atom is -0.409 e. The van der Waals surface area contributed by atoms with Crippen LogP contribution in [0.25, 0.3) is 0 Å². The van der Waals surface area contributed by atoms with Crippen LogP contribution in [0.3, 0.4) is 0 Å². The molecule has 0 saturated carbocycles. The summed E-state index contributed by atoms with van der Waals surface area (Å²) in [7, 11) is 0. The van der Waals surface area contributed by atoms with Gasteiger partial charge in [-0.15, -0.1) is 0 Å². The Labute approximate surface area is 107 Å². The van der Waals surface area contributed by atoms with E-state index in [1.165, 1.54) is 25.7 Å². The quantitative estimate of drug-likeness (QED) is 0.363. The first-order valence-corrected chi connectivity index (χ1v) is 6.43. The number of aromatic nitrogens is 1. The second-order valence-corrected chi connectivity index (χ2v) is 4.78. The van der Waals surface area contributed by atoms with Crippen molar-refractivity contribution in [2.45, 2.75) is 38.6 Å². The molecule has 2 rings (SSSR count). The van der Waals surface area contributed by atoms with E-state index in [2.05, 4.69) is 22.0 Å². The van der Waals surface area contributed by atoms with Crippen molar-refractivity contribution >= 4 is 11.7 Å². The number of oxime groups is 1. The van der Waals surface area contributed by atoms with Crippen molar-refractivity contribution in [3.8, 4) is 0 Å². The van der Waals surface area contributed by atoms with Crippen LogP contribution in [0.15, 0.2) is 23.5 Å². The molecule has 0 aliphatic carbocycles. The first-order chi connectivity index (χ1) is 8.72. The van der Waals surface area contributed by atoms with Gasteiger partial charge in [0.25, 0.3) is 0 Å². The molecular formula is C13H20N4O. The molecule has 1 aromatic heterocycles. The Kier molecular flexibility index (Phi) is 4.02. The molecule has 1 atom stereocenters. The number of hydrogen-bond donors (Lipinski definition) is 2. The molecule has 0 spiro atoms. The van der Waals surface area contributed by atoms with Crippen molar-refractivity contribution < 1.29 is 5.21 Å². The maximum atomic E-state index is 8.61. The molecule has 0 radical (unpaired) electrons. The molecule has 0 amide bonds. The lowest BCUT2D eigenvalue weighted by atomic mass is 10.1. The Bertz CT molecular complexity index is 416. The van der Waals surface area contributed by atoms with Gasteiger partial charge < -0.3 is 15.8 Å². The van der Waals surface area contributed by atoms with Crippen LogP contribution in [-0.2, 0) is 0 Å². The molecule has 5 nitrogen and oxygen atoms in total. The smallest absolute Gasteiger partial charge is 0.171 e. The molecule has 1 unspecified atom stereocenters. The van der Waals surface area contributed by atoms with Crippen LogP contribution in [0, 0.1) is 0 Å². The van der Waals surface area contributed by atoms with Gasteiger partial charge in [0, 0.05) is 24.3 Å². The van der Waals surface area contributed by atoms with Crippen LogP contribution >= 0.6 is 0 Å². The fourth-order valence-corrected chi connectivity index (χ4v) is 2.38. The standard InChI is InChI=1S/C13H20N4O/c1-10-5-3-2-4-8-17(10)12-7-6-11(9-15-12)13(14)16-18/h6-7,9-10,18H,2-5,8H2,1H3,(H2,14,16). The zero-order chi connectivity index (χ0) is 13.0. The average Bonchev–Trinajstić information content (AvgIpc) is 2.63. The van der Waals surface area contributed by atoms with E-state index in [1.807, 2.05) is 12.1 Å². The predicted molar refractivity (Wildman–Crippen MR) is 72.0 cm³/mol. The Morgan fingerprint density at radius 3 is 2.94 bits per heavy atom. The second-order valence-electron chi connectivity index (χ2n) is 4.78. The van der Waals surface area contributed by atoms with Crippen molar-refractivity contribution in [1.29, 1.82) is 0 Å². The van der Waals surface area contributed by atoms with E-state index in [9.17, 15) is 0 Å². The van der Waals surface area contributed by atoms with Gasteiger partial charge in [-0.2, -0.15) is 0 Å². The van der Waals surface area contributed by atoms with Crippen molar-refractivity contribution in [2.75, 3.05) is 11.4 Å². The lowest BCUT2D eigenvalue weighted by Gasteiger charge is -2.28. The Morgan fingerprint density at radius 1 is 1.44 bits per heavy atom. The molecular weight excluding hydrogens is 228 g/mol. The van der Waals surface area contributed by atoms with Crippen molar-refractivity contribution in [3.63, 3.8) is 0 Å². The summed E-state index contributed by atoms with van der Waals surface area (Å²) in [5, 5.41) is 11.6. The molecule has 1 saturated heterocycles. The van der Waals surface area contributed by atoms with Gasteiger partial charge in [0.1, 0.15) is 5.82 Å². The third kappa shape index (κ3) is 2.72. The van der Waals surface area contributed by atoms with Gasteiger partial charge in [0.15, 0.2) is 5.84 Å². The van der Waals surface area contributed by atoms with Gasteiger partial charge in [-0.05, 0) is 31.9 Å². The molecule has 2 heterocycles. The lowest BCUT2D eigenvalue weighted by Crippen LogP contribution is -2.33. The third-order valence-electron chi connectivity index (χ3n) is 3.50. The Morgan fingerprint density at radius 2 is 2.28 bits per heavy atom. The van der Waals surface area contributed by atoms with Gasteiger partial charge in [-0.3, -0.25) is 0 Å². The van der Waals surface area contributed by atoms with Crippen LogP contribution in [-0.4, -0.2) is 28.6 Å². The summed E-state index contributed by atoms with van der Waals surface area (Å²) >= 11 is 0. The van der Waals surface area contributed by atoms with E-state index in [0.717, 1.165) is 12.4 Å². The molecule has 3 N–H and O–H groups in total. The monoisotopic (exact) mass is 248 g/mol. The second kappa shape index (κ2) is 5.71.